The summed E-state index contributed by atoms with van der Waals surface area (Å²) in [5.41, 5.74) is 1.80. The van der Waals surface area contributed by atoms with E-state index in [0.29, 0.717) is 4.51 Å². The molecule has 0 amide bonds. The Morgan fingerprint density at radius 3 is 2.26 bits per heavy atom. The molecule has 0 aliphatic carbocycles. The Morgan fingerprint density at radius 1 is 1.11 bits per heavy atom. The monoisotopic (exact) mass is 282 g/mol. The molecule has 0 radical (unpaired) electrons. The van der Waals surface area contributed by atoms with E-state index in [0.717, 1.165) is 36.8 Å². The predicted octanol–water partition coefficient (Wildman–Crippen LogP) is 3.37. The molecule has 0 fully saturated rings. The number of hydrogen-bond acceptors (Lipinski definition) is 4. The molecule has 1 aromatic carbocycles. The zero-order chi connectivity index (χ0) is 14.6. The van der Waals surface area contributed by atoms with E-state index in [4.69, 9.17) is 12.2 Å². The molecule has 0 N–H and O–H groups in total. The van der Waals surface area contributed by atoms with Gasteiger partial charge in [0.2, 0.25) is 5.43 Å². The second-order valence-electron chi connectivity index (χ2n) is 5.68. The topological polar surface area (TPSA) is 23.6 Å². The molecular weight excluding hydrogens is 256 g/mol. The van der Waals surface area contributed by atoms with Crippen LogP contribution in [0.3, 0.4) is 0 Å². The van der Waals surface area contributed by atoms with Crippen molar-refractivity contribution in [3.63, 3.8) is 0 Å². The maximum Gasteiger partial charge on any atom is 0.224 e. The van der Waals surface area contributed by atoms with Crippen molar-refractivity contribution in [1.82, 2.24) is 0 Å². The zero-order valence-corrected chi connectivity index (χ0v) is 13.6. The number of anilines is 2. The number of nitrogens with zero attached hydrogens (tertiary/aromatic N) is 2. The third-order valence-electron chi connectivity index (χ3n) is 3.62. The van der Waals surface area contributed by atoms with E-state index in [1.54, 1.807) is 0 Å². The van der Waals surface area contributed by atoms with Gasteiger partial charge in [0.05, 0.1) is 5.69 Å². The van der Waals surface area contributed by atoms with Gasteiger partial charge in [0.15, 0.2) is 0 Å². The molecule has 0 aliphatic rings. The molecule has 1 aromatic rings. The highest BCUT2D eigenvalue weighted by Crippen LogP contribution is 2.29. The van der Waals surface area contributed by atoms with Gasteiger partial charge in [0.1, 0.15) is 10.2 Å². The fraction of sp³-hybridized carbons (Fsp3) is 0.733. The second kappa shape index (κ2) is 7.04. The van der Waals surface area contributed by atoms with Crippen molar-refractivity contribution >= 4 is 23.6 Å². The quantitative estimate of drug-likeness (QED) is 0.539. The minimum Gasteiger partial charge on any atom is -0.372 e. The lowest BCUT2D eigenvalue weighted by atomic mass is 10.1. The molecule has 0 unspecified atom stereocenters. The minimum absolute atomic E-state index is 0.0386. The molecule has 1 rings (SSSR count). The van der Waals surface area contributed by atoms with Crippen molar-refractivity contribution in [2.45, 2.75) is 40.0 Å². The number of unbranched alkanes of at least 4 members (excludes halogenated alkanes) is 1. The molecular formula is C15H26N2OS. The molecule has 3 nitrogen and oxygen atoms in total. The Kier molecular flexibility index (Phi) is 5.98. The molecule has 0 aromatic heterocycles. The Hall–Kier alpha value is -0.900. The van der Waals surface area contributed by atoms with Crippen LogP contribution in [0.1, 0.15) is 40.0 Å². The van der Waals surface area contributed by atoms with Crippen LogP contribution in [0.25, 0.3) is 0 Å². The third-order valence-corrected chi connectivity index (χ3v) is 4.00. The Balaban J connectivity index is 2.63. The lowest BCUT2D eigenvalue weighted by molar-refractivity contribution is 0.538. The van der Waals surface area contributed by atoms with Gasteiger partial charge in [0.25, 0.3) is 0 Å². The first-order valence-corrected chi connectivity index (χ1v) is 7.56. The number of hydrogen-bond donors (Lipinski definition) is 0. The van der Waals surface area contributed by atoms with Gasteiger partial charge < -0.3 is 9.80 Å². The van der Waals surface area contributed by atoms with Gasteiger partial charge in [-0.2, -0.15) is 0 Å². The van der Waals surface area contributed by atoms with Gasteiger partial charge in [-0.3, -0.25) is 4.79 Å². The lowest BCUT2D eigenvalue weighted by Crippen LogP contribution is -2.33. The Bertz CT molecular complexity index is 475. The predicted molar refractivity (Wildman–Crippen MR) is 86.8 cm³/mol. The van der Waals surface area contributed by atoms with E-state index < -0.39 is 0 Å². The summed E-state index contributed by atoms with van der Waals surface area (Å²) >= 11 is 5.16. The van der Waals surface area contributed by atoms with Crippen LogP contribution in [0.5, 0.6) is 0 Å². The molecule has 4 heteroatoms. The van der Waals surface area contributed by atoms with E-state index in [9.17, 15) is 4.79 Å². The van der Waals surface area contributed by atoms with E-state index in [1.807, 2.05) is 14.1 Å². The standard InChI is InChI=1S/C15H26N2OS/c1-6-16(4)13-12(14(18)15(13)19)17(5)10-8-7-9-11(2)3/h11H,6-10H2,1-5H3. The van der Waals surface area contributed by atoms with Gasteiger partial charge in [0, 0.05) is 27.2 Å². The van der Waals surface area contributed by atoms with E-state index in [2.05, 4.69) is 30.6 Å². The normalized spacial score (nSPS) is 11.3. The first-order valence-electron chi connectivity index (χ1n) is 7.15. The Morgan fingerprint density at radius 2 is 1.74 bits per heavy atom. The van der Waals surface area contributed by atoms with E-state index in [1.165, 1.54) is 12.8 Å². The molecule has 0 aliphatic heterocycles. The number of rotatable bonds is 8. The summed E-state index contributed by atoms with van der Waals surface area (Å²) < 4.78 is 0.494. The fourth-order valence-electron chi connectivity index (χ4n) is 2.25. The molecule has 108 valence electrons. The molecule has 0 atom stereocenters. The molecule has 0 saturated carbocycles. The Labute approximate surface area is 121 Å². The first-order chi connectivity index (χ1) is 8.90. The van der Waals surface area contributed by atoms with Gasteiger partial charge in [-0.15, -0.1) is 0 Å². The van der Waals surface area contributed by atoms with Gasteiger partial charge in [-0.05, 0) is 19.3 Å². The van der Waals surface area contributed by atoms with E-state index >= 15 is 0 Å². The first kappa shape index (κ1) is 16.2. The minimum atomic E-state index is 0.0386. The maximum atomic E-state index is 11.9. The second-order valence-corrected chi connectivity index (χ2v) is 6.09. The average molecular weight is 282 g/mol. The summed E-state index contributed by atoms with van der Waals surface area (Å²) in [6, 6.07) is 0. The van der Waals surface area contributed by atoms with Crippen molar-refractivity contribution in [2.24, 2.45) is 5.92 Å². The molecule has 0 spiro atoms. The van der Waals surface area contributed by atoms with Crippen LogP contribution in [0.15, 0.2) is 4.79 Å². The van der Waals surface area contributed by atoms with Crippen molar-refractivity contribution in [2.75, 3.05) is 37.0 Å². The van der Waals surface area contributed by atoms with Crippen LogP contribution in [-0.4, -0.2) is 27.2 Å². The summed E-state index contributed by atoms with van der Waals surface area (Å²) in [6.45, 7) is 8.35. The molecule has 0 saturated heterocycles. The smallest absolute Gasteiger partial charge is 0.224 e. The van der Waals surface area contributed by atoms with Crippen molar-refractivity contribution in [1.29, 1.82) is 0 Å². The summed E-state index contributed by atoms with van der Waals surface area (Å²) in [5.74, 6) is 0.754. The van der Waals surface area contributed by atoms with E-state index in [-0.39, 0.29) is 5.43 Å². The SMILES string of the molecule is CCN(C)c1c(N(C)CCCCC(C)C)c(=O)c1=S. The largest absolute Gasteiger partial charge is 0.372 e. The molecule has 0 heterocycles. The van der Waals surface area contributed by atoms with Crippen LogP contribution in [-0.2, 0) is 0 Å². The zero-order valence-electron chi connectivity index (χ0n) is 12.8. The maximum absolute atomic E-state index is 11.9. The van der Waals surface area contributed by atoms with Gasteiger partial charge in [-0.1, -0.05) is 38.9 Å². The van der Waals surface area contributed by atoms with Crippen LogP contribution in [0.2, 0.25) is 0 Å². The molecule has 0 bridgehead atoms. The fourth-order valence-corrected chi connectivity index (χ4v) is 2.60. The van der Waals surface area contributed by atoms with Gasteiger partial charge in [-0.25, -0.2) is 0 Å². The van der Waals surface area contributed by atoms with Crippen LogP contribution in [0.4, 0.5) is 11.4 Å². The lowest BCUT2D eigenvalue weighted by Gasteiger charge is -2.29. The summed E-state index contributed by atoms with van der Waals surface area (Å²) in [5, 5.41) is 0. The van der Waals surface area contributed by atoms with Crippen molar-refractivity contribution in [3.05, 3.63) is 14.7 Å². The van der Waals surface area contributed by atoms with Crippen molar-refractivity contribution in [3.8, 4) is 0 Å². The average Bonchev–Trinajstić information content (AvgIpc) is 2.38. The highest BCUT2D eigenvalue weighted by molar-refractivity contribution is 7.71. The third kappa shape index (κ3) is 3.78. The summed E-state index contributed by atoms with van der Waals surface area (Å²) in [7, 11) is 3.98. The summed E-state index contributed by atoms with van der Waals surface area (Å²) in [6.07, 6.45) is 3.59. The highest BCUT2D eigenvalue weighted by atomic mass is 32.1. The molecule has 19 heavy (non-hydrogen) atoms. The van der Waals surface area contributed by atoms with Gasteiger partial charge >= 0.3 is 0 Å². The van der Waals surface area contributed by atoms with Crippen LogP contribution < -0.4 is 15.2 Å². The van der Waals surface area contributed by atoms with Crippen LogP contribution in [0, 0.1) is 10.4 Å². The summed E-state index contributed by atoms with van der Waals surface area (Å²) in [4.78, 5) is 16.0. The highest BCUT2D eigenvalue weighted by Gasteiger charge is 2.23. The van der Waals surface area contributed by atoms with Crippen molar-refractivity contribution < 1.29 is 0 Å². The van der Waals surface area contributed by atoms with Crippen LogP contribution >= 0.6 is 12.2 Å².